The molecule has 443 valence electrons. The van der Waals surface area contributed by atoms with Crippen molar-refractivity contribution >= 4 is 54.9 Å². The average Bonchev–Trinajstić information content (AvgIpc) is 3.59. The van der Waals surface area contributed by atoms with Gasteiger partial charge in [0.1, 0.15) is 42.2 Å². The van der Waals surface area contributed by atoms with Gasteiger partial charge in [-0.3, -0.25) is 24.2 Å². The van der Waals surface area contributed by atoms with Crippen LogP contribution in [0.15, 0.2) is 24.3 Å². The van der Waals surface area contributed by atoms with E-state index in [1.807, 2.05) is 102 Å². The number of esters is 5. The number of fused-ring (bicyclic) bond motifs is 2. The van der Waals surface area contributed by atoms with Crippen LogP contribution in [0.2, 0.25) is 5.82 Å². The molecule has 4 saturated heterocycles. The first-order chi connectivity index (χ1) is 36.3. The zero-order valence-corrected chi connectivity index (χ0v) is 50.1. The number of piperidine rings is 2. The highest BCUT2D eigenvalue weighted by atomic mass is 16.6. The molecule has 21 heteroatoms. The number of hydrazine groups is 1. The summed E-state index contributed by atoms with van der Waals surface area (Å²) in [5.74, 6) is -2.11. The summed E-state index contributed by atoms with van der Waals surface area (Å²) in [5, 5.41) is 26.3. The van der Waals surface area contributed by atoms with E-state index >= 15 is 0 Å². The van der Waals surface area contributed by atoms with E-state index in [0.29, 0.717) is 49.6 Å². The van der Waals surface area contributed by atoms with Crippen molar-refractivity contribution in [1.82, 2.24) is 31.0 Å². The van der Waals surface area contributed by atoms with E-state index < -0.39 is 41.2 Å². The van der Waals surface area contributed by atoms with Crippen molar-refractivity contribution in [2.75, 3.05) is 39.3 Å². The van der Waals surface area contributed by atoms with Crippen LogP contribution in [0, 0.1) is 17.8 Å². The first-order valence-electron chi connectivity index (χ1n) is 28.1. The van der Waals surface area contributed by atoms with Crippen LogP contribution in [0.5, 0.6) is 0 Å². The second-order valence-electron chi connectivity index (χ2n) is 23.4. The molecule has 5 heterocycles. The van der Waals surface area contributed by atoms with Gasteiger partial charge in [-0.2, -0.15) is 0 Å². The molecule has 1 radical (unpaired) electrons. The summed E-state index contributed by atoms with van der Waals surface area (Å²) in [6.45, 7) is 34.1. The number of carboxylic acids is 1. The standard InChI is InChI=1S/C15H27NO3.C14H25N3O3.C10H19NO2.C8H4O3.C5H13BNO.C5H10O2/c1-6-11(2)13(17)16-10-8-7-9-12(16)14(18)19-15(3,4)5;1-10-8-15-9-16-7-5-6-11(17(16)12(10)18)13(19)20-14(2,3)4;1-10(2,3)13-9(12)8-6-4-5-7-11-8;9-7-5-3-1-2-4-6(5)8(10)11-7;1-3-5(2)6-4-7-8;1-3-4(2)5(6)7/h11-12H,6-10H2,1-5H3;10-11,15H,5-9H2,1-4H3;8,11H,4-7H2,1-3H3;1-4H;5,7-8H,3-4H2,1-2H3;4H,3H2,1-2H3,(H,6,7)/t11-,12+;10-,11+;8-;;5-;4-/m110.10/s1. The van der Waals surface area contributed by atoms with Crippen molar-refractivity contribution < 1.29 is 67.6 Å². The number of rotatable bonds is 11. The molecular weight excluding hydrogens is 1000 g/mol. The molecule has 1 aromatic rings. The number of cyclic esters (lactones) is 2. The van der Waals surface area contributed by atoms with Gasteiger partial charge >= 0.3 is 35.8 Å². The van der Waals surface area contributed by atoms with Crippen molar-refractivity contribution in [2.45, 2.75) is 222 Å². The Morgan fingerprint density at radius 3 is 1.69 bits per heavy atom. The average molecular weight is 1100 g/mol. The topological polar surface area (TPSA) is 260 Å². The largest absolute Gasteiger partial charge is 0.481 e. The van der Waals surface area contributed by atoms with Gasteiger partial charge in [-0.15, -0.1) is 0 Å². The van der Waals surface area contributed by atoms with Crippen LogP contribution in [-0.2, 0) is 47.7 Å². The SMILES string of the molecule is CC(C)(C)OC(=O)[C@@H]1CCCCN1.CC[C@@H](C)C(=O)N1CCCC[C@H]1C(=O)OC(C)(C)C.CC[C@@H](C)[B]CNO.CC[C@H](C)C(=O)O.C[C@@H]1CNCN2CCC[C@@H](C(=O)OC(C)(C)C)N2C1=O.O=C1OC(=O)c2ccccc21. The lowest BCUT2D eigenvalue weighted by Crippen LogP contribution is -2.59. The Morgan fingerprint density at radius 1 is 0.718 bits per heavy atom. The Morgan fingerprint density at radius 2 is 1.23 bits per heavy atom. The number of hydrogen-bond donors (Lipinski definition) is 5. The Kier molecular flexibility index (Phi) is 31.8. The monoisotopic (exact) mass is 1100 g/mol. The summed E-state index contributed by atoms with van der Waals surface area (Å²) < 4.78 is 20.5. The van der Waals surface area contributed by atoms with Crippen LogP contribution >= 0.6 is 0 Å². The summed E-state index contributed by atoms with van der Waals surface area (Å²) in [6, 6.07) is 5.57. The smallest absolute Gasteiger partial charge is 0.346 e. The van der Waals surface area contributed by atoms with Gasteiger partial charge in [0, 0.05) is 31.5 Å². The molecule has 0 saturated carbocycles. The molecule has 2 amide bonds. The molecule has 0 bridgehead atoms. The maximum absolute atomic E-state index is 12.5. The number of amides is 2. The number of carboxylic acid groups (broad SMARTS) is 1. The van der Waals surface area contributed by atoms with Crippen molar-refractivity contribution in [3.05, 3.63) is 35.4 Å². The lowest BCUT2D eigenvalue weighted by Gasteiger charge is -2.42. The molecule has 7 atom stereocenters. The second-order valence-corrected chi connectivity index (χ2v) is 23.4. The number of hydroxylamine groups is 1. The van der Waals surface area contributed by atoms with Crippen LogP contribution in [-0.4, -0.2) is 154 Å². The summed E-state index contributed by atoms with van der Waals surface area (Å²) in [6.07, 6.45) is 10.7. The van der Waals surface area contributed by atoms with Gasteiger partial charge in [-0.25, -0.2) is 29.7 Å². The third-order valence-electron chi connectivity index (χ3n) is 12.9. The third-order valence-corrected chi connectivity index (χ3v) is 12.9. The van der Waals surface area contributed by atoms with Crippen LogP contribution in [0.3, 0.4) is 0 Å². The molecule has 5 aliphatic rings. The lowest BCUT2D eigenvalue weighted by molar-refractivity contribution is -0.185. The minimum Gasteiger partial charge on any atom is -0.481 e. The summed E-state index contributed by atoms with van der Waals surface area (Å²) >= 11 is 0. The molecular formula is C57H98BN6O14. The molecule has 0 spiro atoms. The second kappa shape index (κ2) is 34.9. The molecule has 0 aromatic heterocycles. The highest BCUT2D eigenvalue weighted by molar-refractivity contribution is 6.37. The zero-order valence-electron chi connectivity index (χ0n) is 50.1. The molecule has 0 unspecified atom stereocenters. The van der Waals surface area contributed by atoms with E-state index in [-0.39, 0.29) is 59.1 Å². The molecule has 1 aromatic carbocycles. The van der Waals surface area contributed by atoms with Crippen molar-refractivity contribution in [1.29, 1.82) is 0 Å². The van der Waals surface area contributed by atoms with E-state index in [9.17, 15) is 38.4 Å². The van der Waals surface area contributed by atoms with Crippen LogP contribution in [0.1, 0.15) is 202 Å². The summed E-state index contributed by atoms with van der Waals surface area (Å²) in [7, 11) is 2.04. The van der Waals surface area contributed by atoms with E-state index in [1.165, 1.54) is 6.42 Å². The highest BCUT2D eigenvalue weighted by Crippen LogP contribution is 2.26. The quantitative estimate of drug-likeness (QED) is 0.0463. The minimum absolute atomic E-state index is 0.00515. The number of nitrogens with zero attached hydrogens (tertiary/aromatic N) is 3. The predicted molar refractivity (Wildman–Crippen MR) is 299 cm³/mol. The lowest BCUT2D eigenvalue weighted by atomic mass is 9.64. The van der Waals surface area contributed by atoms with Crippen LogP contribution < -0.4 is 16.1 Å². The fraction of sp³-hybridized carbons (Fsp3) is 0.754. The van der Waals surface area contributed by atoms with E-state index in [1.54, 1.807) is 41.1 Å². The predicted octanol–water partition coefficient (Wildman–Crippen LogP) is 7.92. The van der Waals surface area contributed by atoms with Crippen molar-refractivity contribution in [3.63, 3.8) is 0 Å². The first kappa shape index (κ1) is 71.1. The van der Waals surface area contributed by atoms with Gasteiger partial charge in [0.25, 0.3) is 0 Å². The number of carbonyl (C=O) groups excluding carboxylic acids is 7. The number of ether oxygens (including phenoxy) is 4. The number of likely N-dealkylation sites (tertiary alicyclic amines) is 1. The molecule has 0 aliphatic carbocycles. The number of hydrogen-bond acceptors (Lipinski definition) is 17. The fourth-order valence-electron chi connectivity index (χ4n) is 7.98. The number of benzene rings is 1. The van der Waals surface area contributed by atoms with E-state index in [4.69, 9.17) is 24.5 Å². The highest BCUT2D eigenvalue weighted by Gasteiger charge is 2.42. The number of nitrogens with one attached hydrogen (secondary N) is 3. The van der Waals surface area contributed by atoms with Crippen molar-refractivity contribution in [3.8, 4) is 0 Å². The minimum atomic E-state index is -0.706. The third kappa shape index (κ3) is 26.8. The molecule has 20 nitrogen and oxygen atoms in total. The maximum atomic E-state index is 12.5. The van der Waals surface area contributed by atoms with Gasteiger partial charge in [-0.1, -0.05) is 79.3 Å². The summed E-state index contributed by atoms with van der Waals surface area (Å²) in [5.41, 5.74) is 1.40. The molecule has 4 fully saturated rings. The van der Waals surface area contributed by atoms with E-state index in [2.05, 4.69) is 34.7 Å². The van der Waals surface area contributed by atoms with Crippen molar-refractivity contribution in [2.24, 2.45) is 17.8 Å². The van der Waals surface area contributed by atoms with Gasteiger partial charge in [0.2, 0.25) is 11.8 Å². The van der Waals surface area contributed by atoms with Gasteiger partial charge < -0.3 is 44.8 Å². The molecule has 5 aliphatic heterocycles. The fourth-order valence-corrected chi connectivity index (χ4v) is 7.98. The molecule has 5 N–H and O–H groups in total. The van der Waals surface area contributed by atoms with Gasteiger partial charge in [0.15, 0.2) is 0 Å². The molecule has 78 heavy (non-hydrogen) atoms. The van der Waals surface area contributed by atoms with Crippen LogP contribution in [0.25, 0.3) is 0 Å². The summed E-state index contributed by atoms with van der Waals surface area (Å²) in [4.78, 5) is 94.3. The number of carbonyl (C=O) groups is 8. The zero-order chi connectivity index (χ0) is 59.6. The Labute approximate surface area is 466 Å². The first-order valence-corrected chi connectivity index (χ1v) is 28.1. The Bertz CT molecular complexity index is 2020. The Balaban J connectivity index is 0.000000487. The normalized spacial score (nSPS) is 21.4. The van der Waals surface area contributed by atoms with E-state index in [0.717, 1.165) is 70.9 Å². The Hall–Kier alpha value is -4.96. The molecule has 6 rings (SSSR count). The van der Waals surface area contributed by atoms with Crippen LogP contribution in [0.4, 0.5) is 0 Å². The maximum Gasteiger partial charge on any atom is 0.346 e. The van der Waals surface area contributed by atoms with Gasteiger partial charge in [0.05, 0.1) is 23.7 Å². The van der Waals surface area contributed by atoms with Gasteiger partial charge in [-0.05, 0) is 145 Å². The number of aliphatic carboxylic acids is 1.